The average molecular weight is 533 g/mol. The number of aliphatic carboxylic acids is 3. The summed E-state index contributed by atoms with van der Waals surface area (Å²) in [6.45, 7) is 0.371. The summed E-state index contributed by atoms with van der Waals surface area (Å²) in [7, 11) is 0. The number of nitrogens with two attached hydrogens (primary N) is 4. The Morgan fingerprint density at radius 3 is 1.73 bits per heavy atom. The Kier molecular flexibility index (Phi) is 15.6. The molecule has 0 aromatic heterocycles. The van der Waals surface area contributed by atoms with Crippen molar-refractivity contribution in [1.82, 2.24) is 16.0 Å². The van der Waals surface area contributed by atoms with Crippen LogP contribution in [0.5, 0.6) is 0 Å². The first-order chi connectivity index (χ1) is 17.3. The lowest BCUT2D eigenvalue weighted by molar-refractivity contribution is -0.143. The van der Waals surface area contributed by atoms with Gasteiger partial charge in [0.15, 0.2) is 5.96 Å². The van der Waals surface area contributed by atoms with Crippen LogP contribution < -0.4 is 38.9 Å². The molecule has 210 valence electrons. The van der Waals surface area contributed by atoms with Crippen LogP contribution in [0.2, 0.25) is 0 Å². The van der Waals surface area contributed by atoms with Gasteiger partial charge < -0.3 is 54.2 Å². The minimum Gasteiger partial charge on any atom is -0.481 e. The van der Waals surface area contributed by atoms with Gasteiger partial charge >= 0.3 is 17.9 Å². The molecule has 17 heteroatoms. The fourth-order valence-corrected chi connectivity index (χ4v) is 3.01. The first kappa shape index (κ1) is 33.0. The number of rotatable bonds is 19. The van der Waals surface area contributed by atoms with E-state index in [1.54, 1.807) is 0 Å². The Morgan fingerprint density at radius 2 is 1.22 bits per heavy atom. The second-order valence-corrected chi connectivity index (χ2v) is 8.06. The maximum Gasteiger partial charge on any atom is 0.326 e. The standard InChI is InChI=1S/C20H36N8O9/c21-6-2-1-4-12(19(36)37)27-18(35)13(9-15(31)32)28-17(34)11(5-3-7-25-20(23)24)26-16(33)10(22)8-14(29)30/h10-13H,1-9,21-22H2,(H,26,33)(H,27,35)(H,28,34)(H,29,30)(H,31,32)(H,36,37)(H4,23,24,25)/t10-,11-,12-,13-/m1/s1. The number of nitrogens with zero attached hydrogens (tertiary/aromatic N) is 1. The molecule has 0 aromatic carbocycles. The van der Waals surface area contributed by atoms with Crippen LogP contribution in [0.15, 0.2) is 4.99 Å². The van der Waals surface area contributed by atoms with Crippen molar-refractivity contribution in [3.05, 3.63) is 0 Å². The van der Waals surface area contributed by atoms with Crippen molar-refractivity contribution in [2.75, 3.05) is 13.1 Å². The van der Waals surface area contributed by atoms with Crippen LogP contribution in [0.25, 0.3) is 0 Å². The average Bonchev–Trinajstić information content (AvgIpc) is 2.78. The molecule has 0 fully saturated rings. The summed E-state index contributed by atoms with van der Waals surface area (Å²) >= 11 is 0. The number of nitrogens with one attached hydrogen (secondary N) is 3. The Morgan fingerprint density at radius 1 is 0.703 bits per heavy atom. The maximum absolute atomic E-state index is 12.9. The number of amides is 3. The Bertz CT molecular complexity index is 848. The molecule has 3 amide bonds. The van der Waals surface area contributed by atoms with Crippen LogP contribution in [-0.2, 0) is 28.8 Å². The lowest BCUT2D eigenvalue weighted by atomic mass is 10.1. The fraction of sp³-hybridized carbons (Fsp3) is 0.650. The van der Waals surface area contributed by atoms with Gasteiger partial charge in [-0.05, 0) is 38.6 Å². The van der Waals surface area contributed by atoms with E-state index in [1.165, 1.54) is 0 Å². The number of carbonyl (C=O) groups is 6. The van der Waals surface area contributed by atoms with Crippen molar-refractivity contribution >= 4 is 41.6 Å². The summed E-state index contributed by atoms with van der Waals surface area (Å²) in [5, 5.41) is 34.0. The van der Waals surface area contributed by atoms with Crippen molar-refractivity contribution in [3.8, 4) is 0 Å². The van der Waals surface area contributed by atoms with E-state index in [-0.39, 0.29) is 31.8 Å². The first-order valence-corrected chi connectivity index (χ1v) is 11.4. The Balaban J connectivity index is 5.61. The fourth-order valence-electron chi connectivity index (χ4n) is 3.01. The molecule has 0 aromatic rings. The van der Waals surface area contributed by atoms with Gasteiger partial charge in [0.25, 0.3) is 0 Å². The van der Waals surface area contributed by atoms with Crippen molar-refractivity contribution < 1.29 is 44.1 Å². The van der Waals surface area contributed by atoms with E-state index in [0.29, 0.717) is 19.4 Å². The minimum absolute atomic E-state index is 0.0248. The molecule has 0 radical (unpaired) electrons. The predicted molar refractivity (Wildman–Crippen MR) is 129 cm³/mol. The van der Waals surface area contributed by atoms with E-state index < -0.39 is 72.6 Å². The zero-order valence-corrected chi connectivity index (χ0v) is 20.2. The zero-order chi connectivity index (χ0) is 28.5. The monoisotopic (exact) mass is 532 g/mol. The van der Waals surface area contributed by atoms with Gasteiger partial charge in [0, 0.05) is 6.54 Å². The SMILES string of the molecule is NCCCC[C@@H](NC(=O)[C@@H](CC(=O)O)NC(=O)[C@@H](CCCN=C(N)N)NC(=O)[C@H](N)CC(=O)O)C(=O)O. The molecule has 14 N–H and O–H groups in total. The van der Waals surface area contributed by atoms with Gasteiger partial charge in [-0.1, -0.05) is 0 Å². The molecule has 0 rings (SSSR count). The maximum atomic E-state index is 12.9. The molecule has 0 aliphatic rings. The van der Waals surface area contributed by atoms with Crippen LogP contribution in [0.3, 0.4) is 0 Å². The smallest absolute Gasteiger partial charge is 0.326 e. The molecule has 0 aliphatic carbocycles. The largest absolute Gasteiger partial charge is 0.481 e. The number of carboxylic acid groups (broad SMARTS) is 3. The molecule has 37 heavy (non-hydrogen) atoms. The minimum atomic E-state index is -1.69. The molecular weight excluding hydrogens is 496 g/mol. The number of carboxylic acids is 3. The van der Waals surface area contributed by atoms with Crippen molar-refractivity contribution in [2.24, 2.45) is 27.9 Å². The Hall–Kier alpha value is -3.99. The highest BCUT2D eigenvalue weighted by Gasteiger charge is 2.31. The first-order valence-electron chi connectivity index (χ1n) is 11.4. The van der Waals surface area contributed by atoms with Crippen LogP contribution in [0, 0.1) is 0 Å². The molecule has 0 heterocycles. The third kappa shape index (κ3) is 14.9. The lowest BCUT2D eigenvalue weighted by Gasteiger charge is -2.24. The number of hydrogen-bond acceptors (Lipinski definition) is 9. The summed E-state index contributed by atoms with van der Waals surface area (Å²) in [6, 6.07) is -5.90. The lowest BCUT2D eigenvalue weighted by Crippen LogP contribution is -2.57. The van der Waals surface area contributed by atoms with Crippen molar-refractivity contribution in [2.45, 2.75) is 69.1 Å². The summed E-state index contributed by atoms with van der Waals surface area (Å²) in [5.41, 5.74) is 21.4. The van der Waals surface area contributed by atoms with Gasteiger partial charge in [-0.25, -0.2) is 4.79 Å². The van der Waals surface area contributed by atoms with Gasteiger partial charge in [0.1, 0.15) is 18.1 Å². The number of aliphatic imine (C=N–C) groups is 1. The van der Waals surface area contributed by atoms with Crippen molar-refractivity contribution in [1.29, 1.82) is 0 Å². The van der Waals surface area contributed by atoms with Crippen LogP contribution in [0.1, 0.15) is 44.9 Å². The quantitative estimate of drug-likeness (QED) is 0.0431. The summed E-state index contributed by atoms with van der Waals surface area (Å²) in [6.07, 6.45) is -0.644. The van der Waals surface area contributed by atoms with Gasteiger partial charge in [0.2, 0.25) is 17.7 Å². The molecule has 4 atom stereocenters. The normalized spacial score (nSPS) is 13.8. The highest BCUT2D eigenvalue weighted by Crippen LogP contribution is 2.05. The number of guanidine groups is 1. The molecule has 0 bridgehead atoms. The topological polar surface area (TPSA) is 316 Å². The molecule has 0 aliphatic heterocycles. The number of hydrogen-bond donors (Lipinski definition) is 10. The van der Waals surface area contributed by atoms with E-state index in [1.807, 2.05) is 0 Å². The summed E-state index contributed by atoms with van der Waals surface area (Å²) < 4.78 is 0. The summed E-state index contributed by atoms with van der Waals surface area (Å²) in [5.74, 6) is -7.42. The third-order valence-corrected chi connectivity index (χ3v) is 4.88. The molecule has 0 saturated carbocycles. The zero-order valence-electron chi connectivity index (χ0n) is 20.2. The molecule has 0 unspecified atom stereocenters. The van der Waals surface area contributed by atoms with Gasteiger partial charge in [-0.3, -0.25) is 29.0 Å². The number of unbranched alkanes of at least 4 members (excludes halogenated alkanes) is 1. The molecule has 0 saturated heterocycles. The molecule has 0 spiro atoms. The third-order valence-electron chi connectivity index (χ3n) is 4.88. The predicted octanol–water partition coefficient (Wildman–Crippen LogP) is -4.02. The van der Waals surface area contributed by atoms with Crippen LogP contribution in [-0.4, -0.2) is 94.2 Å². The molecular formula is C20H36N8O9. The van der Waals surface area contributed by atoms with Gasteiger partial charge in [0.05, 0.1) is 18.9 Å². The van der Waals surface area contributed by atoms with E-state index in [0.717, 1.165) is 0 Å². The number of carbonyl (C=O) groups excluding carboxylic acids is 3. The second-order valence-electron chi connectivity index (χ2n) is 8.06. The van der Waals surface area contributed by atoms with Crippen LogP contribution in [0.4, 0.5) is 0 Å². The van der Waals surface area contributed by atoms with Gasteiger partial charge in [-0.2, -0.15) is 0 Å². The van der Waals surface area contributed by atoms with E-state index in [9.17, 15) is 39.0 Å². The van der Waals surface area contributed by atoms with E-state index in [2.05, 4.69) is 20.9 Å². The van der Waals surface area contributed by atoms with Gasteiger partial charge in [-0.15, -0.1) is 0 Å². The van der Waals surface area contributed by atoms with E-state index in [4.69, 9.17) is 28.0 Å². The summed E-state index contributed by atoms with van der Waals surface area (Å²) in [4.78, 5) is 75.2. The highest BCUT2D eigenvalue weighted by molar-refractivity contribution is 5.96. The molecule has 17 nitrogen and oxygen atoms in total. The van der Waals surface area contributed by atoms with E-state index >= 15 is 0 Å². The second kappa shape index (κ2) is 17.4. The Labute approximate surface area is 212 Å². The van der Waals surface area contributed by atoms with Crippen LogP contribution >= 0.6 is 0 Å². The van der Waals surface area contributed by atoms with Crippen molar-refractivity contribution in [3.63, 3.8) is 0 Å². The highest BCUT2D eigenvalue weighted by atomic mass is 16.4.